The second-order valence-corrected chi connectivity index (χ2v) is 4.93. The molecule has 1 unspecified atom stereocenters. The first-order valence-electron chi connectivity index (χ1n) is 6.82. The molecule has 0 saturated carbocycles. The maximum Gasteiger partial charge on any atom is 0.244 e. The molecule has 5 heteroatoms. The van der Waals surface area contributed by atoms with Crippen molar-refractivity contribution in [2.24, 2.45) is 0 Å². The molecule has 0 radical (unpaired) electrons. The molecule has 108 valence electrons. The SMILES string of the molecule is COc1ccccc1CCN1CCC(=O)NC(C)C1=O. The molecule has 1 N–H and O–H groups in total. The molecule has 0 aromatic heterocycles. The minimum absolute atomic E-state index is 0.0225. The van der Waals surface area contributed by atoms with E-state index in [1.54, 1.807) is 18.9 Å². The van der Waals surface area contributed by atoms with Crippen molar-refractivity contribution in [1.29, 1.82) is 0 Å². The molecule has 1 aromatic carbocycles. The first-order chi connectivity index (χ1) is 9.61. The quantitative estimate of drug-likeness (QED) is 0.891. The van der Waals surface area contributed by atoms with Gasteiger partial charge in [0.15, 0.2) is 0 Å². The molecule has 20 heavy (non-hydrogen) atoms. The summed E-state index contributed by atoms with van der Waals surface area (Å²) in [6.07, 6.45) is 1.08. The third kappa shape index (κ3) is 3.29. The van der Waals surface area contributed by atoms with Crippen molar-refractivity contribution in [3.8, 4) is 5.75 Å². The summed E-state index contributed by atoms with van der Waals surface area (Å²) >= 11 is 0. The Kier molecular flexibility index (Phi) is 4.61. The Bertz CT molecular complexity index is 502. The second kappa shape index (κ2) is 6.41. The number of nitrogens with zero attached hydrogens (tertiary/aromatic N) is 1. The number of ether oxygens (including phenoxy) is 1. The molecule has 5 nitrogen and oxygen atoms in total. The number of hydrogen-bond donors (Lipinski definition) is 1. The molecule has 0 spiro atoms. The van der Waals surface area contributed by atoms with Gasteiger partial charge in [0.25, 0.3) is 0 Å². The summed E-state index contributed by atoms with van der Waals surface area (Å²) < 4.78 is 5.31. The molecular formula is C15H20N2O3. The molecule has 1 fully saturated rings. The highest BCUT2D eigenvalue weighted by Crippen LogP contribution is 2.18. The molecule has 1 heterocycles. The number of nitrogens with one attached hydrogen (secondary N) is 1. The van der Waals surface area contributed by atoms with E-state index >= 15 is 0 Å². The van der Waals surface area contributed by atoms with Gasteiger partial charge in [-0.15, -0.1) is 0 Å². The molecule has 1 saturated heterocycles. The first-order valence-corrected chi connectivity index (χ1v) is 6.82. The molecule has 1 aromatic rings. The van der Waals surface area contributed by atoms with Crippen molar-refractivity contribution in [2.45, 2.75) is 25.8 Å². The minimum Gasteiger partial charge on any atom is -0.496 e. The van der Waals surface area contributed by atoms with Crippen LogP contribution in [-0.2, 0) is 16.0 Å². The van der Waals surface area contributed by atoms with Crippen LogP contribution in [0.15, 0.2) is 24.3 Å². The topological polar surface area (TPSA) is 58.6 Å². The van der Waals surface area contributed by atoms with Crippen molar-refractivity contribution in [2.75, 3.05) is 20.2 Å². The van der Waals surface area contributed by atoms with Crippen LogP contribution in [0.5, 0.6) is 5.75 Å². The van der Waals surface area contributed by atoms with Gasteiger partial charge in [-0.1, -0.05) is 18.2 Å². The van der Waals surface area contributed by atoms with Crippen LogP contribution in [0.4, 0.5) is 0 Å². The number of amides is 2. The van der Waals surface area contributed by atoms with Crippen LogP contribution >= 0.6 is 0 Å². The molecule has 0 bridgehead atoms. The number of rotatable bonds is 4. The minimum atomic E-state index is -0.442. The van der Waals surface area contributed by atoms with Crippen LogP contribution < -0.4 is 10.1 Å². The van der Waals surface area contributed by atoms with Crippen LogP contribution in [0.2, 0.25) is 0 Å². The fourth-order valence-electron chi connectivity index (χ4n) is 2.38. The lowest BCUT2D eigenvalue weighted by atomic mass is 10.1. The van der Waals surface area contributed by atoms with E-state index in [0.717, 1.165) is 17.7 Å². The largest absolute Gasteiger partial charge is 0.496 e. The van der Waals surface area contributed by atoms with E-state index in [0.29, 0.717) is 19.5 Å². The fraction of sp³-hybridized carbons (Fsp3) is 0.467. The van der Waals surface area contributed by atoms with Crippen molar-refractivity contribution in [3.05, 3.63) is 29.8 Å². The van der Waals surface area contributed by atoms with Crippen LogP contribution in [0.25, 0.3) is 0 Å². The molecule has 1 atom stereocenters. The molecule has 1 aliphatic rings. The Morgan fingerprint density at radius 1 is 1.35 bits per heavy atom. The Hall–Kier alpha value is -2.04. The van der Waals surface area contributed by atoms with E-state index in [1.807, 2.05) is 24.3 Å². The van der Waals surface area contributed by atoms with Crippen molar-refractivity contribution in [1.82, 2.24) is 10.2 Å². The zero-order valence-electron chi connectivity index (χ0n) is 11.9. The molecular weight excluding hydrogens is 256 g/mol. The van der Waals surface area contributed by atoms with Gasteiger partial charge in [0.2, 0.25) is 11.8 Å². The fourth-order valence-corrected chi connectivity index (χ4v) is 2.38. The summed E-state index contributed by atoms with van der Waals surface area (Å²) in [6.45, 7) is 2.80. The standard InChI is InChI=1S/C15H20N2O3/c1-11-15(19)17(10-8-14(18)16-11)9-7-12-5-3-4-6-13(12)20-2/h3-6,11H,7-10H2,1-2H3,(H,16,18). The summed E-state index contributed by atoms with van der Waals surface area (Å²) in [5.41, 5.74) is 1.07. The smallest absolute Gasteiger partial charge is 0.244 e. The van der Waals surface area contributed by atoms with Crippen LogP contribution in [0, 0.1) is 0 Å². The molecule has 2 rings (SSSR count). The maximum atomic E-state index is 12.1. The zero-order valence-corrected chi connectivity index (χ0v) is 11.9. The van der Waals surface area contributed by atoms with E-state index in [4.69, 9.17) is 4.74 Å². The van der Waals surface area contributed by atoms with Gasteiger partial charge < -0.3 is 15.0 Å². The number of carbonyl (C=O) groups excluding carboxylic acids is 2. The third-order valence-corrected chi connectivity index (χ3v) is 3.51. The Morgan fingerprint density at radius 2 is 2.10 bits per heavy atom. The van der Waals surface area contributed by atoms with Crippen molar-refractivity contribution >= 4 is 11.8 Å². The van der Waals surface area contributed by atoms with Gasteiger partial charge in [-0.05, 0) is 25.0 Å². The van der Waals surface area contributed by atoms with Gasteiger partial charge in [-0.2, -0.15) is 0 Å². The summed E-state index contributed by atoms with van der Waals surface area (Å²) in [5.74, 6) is 0.744. The highest BCUT2D eigenvalue weighted by Gasteiger charge is 2.26. The lowest BCUT2D eigenvalue weighted by Crippen LogP contribution is -2.43. The highest BCUT2D eigenvalue weighted by molar-refractivity contribution is 5.89. The van der Waals surface area contributed by atoms with E-state index in [-0.39, 0.29) is 11.8 Å². The maximum absolute atomic E-state index is 12.1. The molecule has 1 aliphatic heterocycles. The number of carbonyl (C=O) groups is 2. The van der Waals surface area contributed by atoms with Gasteiger partial charge in [-0.3, -0.25) is 9.59 Å². The van der Waals surface area contributed by atoms with E-state index < -0.39 is 6.04 Å². The molecule has 0 aliphatic carbocycles. The predicted octanol–water partition coefficient (Wildman–Crippen LogP) is 0.975. The van der Waals surface area contributed by atoms with Crippen LogP contribution in [0.1, 0.15) is 18.9 Å². The van der Waals surface area contributed by atoms with Gasteiger partial charge in [0.1, 0.15) is 11.8 Å². The summed E-state index contributed by atoms with van der Waals surface area (Å²) in [6, 6.07) is 7.34. The lowest BCUT2D eigenvalue weighted by Gasteiger charge is -2.22. The number of methoxy groups -OCH3 is 1. The Balaban J connectivity index is 2.02. The van der Waals surface area contributed by atoms with E-state index in [9.17, 15) is 9.59 Å². The van der Waals surface area contributed by atoms with E-state index in [2.05, 4.69) is 5.32 Å². The molecule has 2 amide bonds. The first kappa shape index (κ1) is 14.4. The Morgan fingerprint density at radius 3 is 2.85 bits per heavy atom. The van der Waals surface area contributed by atoms with Gasteiger partial charge in [0, 0.05) is 19.5 Å². The zero-order chi connectivity index (χ0) is 14.5. The van der Waals surface area contributed by atoms with Gasteiger partial charge in [-0.25, -0.2) is 0 Å². The second-order valence-electron chi connectivity index (χ2n) is 4.93. The number of hydrogen-bond acceptors (Lipinski definition) is 3. The average Bonchev–Trinajstić information content (AvgIpc) is 2.57. The average molecular weight is 276 g/mol. The summed E-state index contributed by atoms with van der Waals surface area (Å²) in [5, 5.41) is 2.69. The van der Waals surface area contributed by atoms with Crippen molar-refractivity contribution < 1.29 is 14.3 Å². The number of para-hydroxylation sites is 1. The van der Waals surface area contributed by atoms with Crippen molar-refractivity contribution in [3.63, 3.8) is 0 Å². The summed E-state index contributed by atoms with van der Waals surface area (Å²) in [4.78, 5) is 25.3. The monoisotopic (exact) mass is 276 g/mol. The Labute approximate surface area is 118 Å². The summed E-state index contributed by atoms with van der Waals surface area (Å²) in [7, 11) is 1.64. The highest BCUT2D eigenvalue weighted by atomic mass is 16.5. The van der Waals surface area contributed by atoms with Gasteiger partial charge >= 0.3 is 0 Å². The third-order valence-electron chi connectivity index (χ3n) is 3.51. The van der Waals surface area contributed by atoms with Crippen LogP contribution in [-0.4, -0.2) is 43.0 Å². The normalized spacial score (nSPS) is 19.5. The number of benzene rings is 1. The van der Waals surface area contributed by atoms with Gasteiger partial charge in [0.05, 0.1) is 7.11 Å². The lowest BCUT2D eigenvalue weighted by molar-refractivity contribution is -0.133. The van der Waals surface area contributed by atoms with E-state index in [1.165, 1.54) is 0 Å². The van der Waals surface area contributed by atoms with Crippen LogP contribution in [0.3, 0.4) is 0 Å². The predicted molar refractivity (Wildman–Crippen MR) is 75.5 cm³/mol.